The van der Waals surface area contributed by atoms with Gasteiger partial charge in [-0.2, -0.15) is 4.98 Å². The highest BCUT2D eigenvalue weighted by Crippen LogP contribution is 2.18. The fourth-order valence-corrected chi connectivity index (χ4v) is 0.988. The van der Waals surface area contributed by atoms with E-state index in [-0.39, 0.29) is 5.54 Å². The lowest BCUT2D eigenvalue weighted by Crippen LogP contribution is -2.24. The third kappa shape index (κ3) is 2.11. The molecule has 0 aliphatic carbocycles. The van der Waals surface area contributed by atoms with E-state index < -0.39 is 0 Å². The predicted octanol–water partition coefficient (Wildman–Crippen LogP) is 1.01. The van der Waals surface area contributed by atoms with Crippen LogP contribution in [0.2, 0.25) is 0 Å². The maximum absolute atomic E-state index is 5.67. The molecule has 0 bridgehead atoms. The normalized spacial score (nSPS) is 11.7. The Balaban J connectivity index is 2.96. The molecular formula is C8H16N4O. The second-order valence-electron chi connectivity index (χ2n) is 3.77. The quantitative estimate of drug-likeness (QED) is 0.745. The average molecular weight is 184 g/mol. The number of nitrogens with zero attached hydrogens (tertiary/aromatic N) is 3. The summed E-state index contributed by atoms with van der Waals surface area (Å²) in [5, 5.41) is 4.13. The minimum Gasteiger partial charge on any atom is -0.463 e. The standard InChI is InChI=1S/C8H16N4O/c1-5-13-7-10-6(9)12(11-7)8(2,3)4/h5H2,1-4H3,(H2,9,10,11). The van der Waals surface area contributed by atoms with Crippen LogP contribution in [0, 0.1) is 0 Å². The number of nitrogens with two attached hydrogens (primary N) is 1. The van der Waals surface area contributed by atoms with Gasteiger partial charge in [0.15, 0.2) is 0 Å². The Morgan fingerprint density at radius 3 is 2.46 bits per heavy atom. The lowest BCUT2D eigenvalue weighted by Gasteiger charge is -2.18. The summed E-state index contributed by atoms with van der Waals surface area (Å²) in [5.74, 6) is 0.385. The van der Waals surface area contributed by atoms with E-state index in [0.717, 1.165) is 0 Å². The monoisotopic (exact) mass is 184 g/mol. The second-order valence-corrected chi connectivity index (χ2v) is 3.77. The van der Waals surface area contributed by atoms with Crippen LogP contribution in [0.5, 0.6) is 6.01 Å². The van der Waals surface area contributed by atoms with Gasteiger partial charge in [-0.3, -0.25) is 0 Å². The zero-order chi connectivity index (χ0) is 10.1. The maximum Gasteiger partial charge on any atom is 0.337 e. The largest absolute Gasteiger partial charge is 0.463 e. The topological polar surface area (TPSA) is 66.0 Å². The molecule has 5 heteroatoms. The van der Waals surface area contributed by atoms with Crippen LogP contribution in [-0.4, -0.2) is 21.4 Å². The van der Waals surface area contributed by atoms with E-state index in [1.165, 1.54) is 0 Å². The van der Waals surface area contributed by atoms with Crippen LogP contribution in [0.4, 0.5) is 5.95 Å². The lowest BCUT2D eigenvalue weighted by atomic mass is 10.1. The zero-order valence-corrected chi connectivity index (χ0v) is 8.53. The highest BCUT2D eigenvalue weighted by atomic mass is 16.5. The molecule has 13 heavy (non-hydrogen) atoms. The van der Waals surface area contributed by atoms with Crippen molar-refractivity contribution in [1.82, 2.24) is 14.8 Å². The van der Waals surface area contributed by atoms with E-state index in [0.29, 0.717) is 18.6 Å². The Kier molecular flexibility index (Phi) is 2.45. The second kappa shape index (κ2) is 3.24. The van der Waals surface area contributed by atoms with E-state index in [9.17, 15) is 0 Å². The Morgan fingerprint density at radius 1 is 1.46 bits per heavy atom. The molecule has 0 amide bonds. The highest BCUT2D eigenvalue weighted by molar-refractivity contribution is 5.20. The Hall–Kier alpha value is -1.26. The number of hydrogen-bond acceptors (Lipinski definition) is 4. The van der Waals surface area contributed by atoms with Gasteiger partial charge in [0.25, 0.3) is 0 Å². The Morgan fingerprint density at radius 2 is 2.08 bits per heavy atom. The molecule has 0 aliphatic rings. The number of ether oxygens (including phenoxy) is 1. The van der Waals surface area contributed by atoms with Gasteiger partial charge in [-0.25, -0.2) is 4.68 Å². The molecule has 1 aromatic rings. The summed E-state index contributed by atoms with van der Waals surface area (Å²) >= 11 is 0. The van der Waals surface area contributed by atoms with Crippen molar-refractivity contribution in [3.05, 3.63) is 0 Å². The molecule has 0 spiro atoms. The Labute approximate surface area is 77.9 Å². The predicted molar refractivity (Wildman–Crippen MR) is 50.6 cm³/mol. The number of hydrogen-bond donors (Lipinski definition) is 1. The van der Waals surface area contributed by atoms with Crippen molar-refractivity contribution < 1.29 is 4.74 Å². The molecule has 2 N–H and O–H groups in total. The van der Waals surface area contributed by atoms with Crippen molar-refractivity contribution in [2.24, 2.45) is 0 Å². The van der Waals surface area contributed by atoms with Crippen LogP contribution in [0.3, 0.4) is 0 Å². The molecule has 0 fully saturated rings. The van der Waals surface area contributed by atoms with Crippen LogP contribution in [0.1, 0.15) is 27.7 Å². The summed E-state index contributed by atoms with van der Waals surface area (Å²) in [5.41, 5.74) is 5.51. The van der Waals surface area contributed by atoms with Crippen molar-refractivity contribution >= 4 is 5.95 Å². The van der Waals surface area contributed by atoms with Crippen LogP contribution < -0.4 is 10.5 Å². The van der Waals surface area contributed by atoms with Gasteiger partial charge in [0, 0.05) is 0 Å². The van der Waals surface area contributed by atoms with Crippen molar-refractivity contribution in [1.29, 1.82) is 0 Å². The molecule has 74 valence electrons. The first-order chi connectivity index (χ1) is 5.95. The van der Waals surface area contributed by atoms with Crippen LogP contribution in [0.15, 0.2) is 0 Å². The van der Waals surface area contributed by atoms with E-state index in [4.69, 9.17) is 10.5 Å². The minimum atomic E-state index is -0.160. The van der Waals surface area contributed by atoms with Gasteiger partial charge < -0.3 is 10.5 Å². The Bertz CT molecular complexity index is 287. The molecule has 1 heterocycles. The molecular weight excluding hydrogens is 168 g/mol. The van der Waals surface area contributed by atoms with Crippen LogP contribution in [0.25, 0.3) is 0 Å². The van der Waals surface area contributed by atoms with Crippen molar-refractivity contribution in [3.8, 4) is 6.01 Å². The molecule has 1 aromatic heterocycles. The summed E-state index contributed by atoms with van der Waals surface area (Å²) < 4.78 is 6.79. The summed E-state index contributed by atoms with van der Waals surface area (Å²) in [7, 11) is 0. The fraction of sp³-hybridized carbons (Fsp3) is 0.750. The van der Waals surface area contributed by atoms with E-state index in [2.05, 4.69) is 10.1 Å². The molecule has 1 rings (SSSR count). The summed E-state index contributed by atoms with van der Waals surface area (Å²) in [4.78, 5) is 3.97. The summed E-state index contributed by atoms with van der Waals surface area (Å²) in [6.45, 7) is 8.46. The molecule has 0 saturated carbocycles. The first-order valence-corrected chi connectivity index (χ1v) is 4.31. The molecule has 0 atom stereocenters. The third-order valence-electron chi connectivity index (χ3n) is 1.52. The van der Waals surface area contributed by atoms with E-state index in [1.54, 1.807) is 4.68 Å². The zero-order valence-electron chi connectivity index (χ0n) is 8.53. The van der Waals surface area contributed by atoms with Gasteiger partial charge in [0.2, 0.25) is 5.95 Å². The fourth-order valence-electron chi connectivity index (χ4n) is 0.988. The van der Waals surface area contributed by atoms with Crippen molar-refractivity contribution in [2.75, 3.05) is 12.3 Å². The number of anilines is 1. The van der Waals surface area contributed by atoms with Gasteiger partial charge in [0.1, 0.15) is 0 Å². The number of nitrogen functional groups attached to an aromatic ring is 1. The number of rotatable bonds is 2. The molecule has 0 radical (unpaired) electrons. The SMILES string of the molecule is CCOc1nc(N)n(C(C)(C)C)n1. The van der Waals surface area contributed by atoms with Gasteiger partial charge in [-0.05, 0) is 27.7 Å². The third-order valence-corrected chi connectivity index (χ3v) is 1.52. The lowest BCUT2D eigenvalue weighted by molar-refractivity contribution is 0.295. The van der Waals surface area contributed by atoms with Gasteiger partial charge in [0.05, 0.1) is 12.1 Å². The molecule has 0 unspecified atom stereocenters. The van der Waals surface area contributed by atoms with E-state index in [1.807, 2.05) is 27.7 Å². The van der Waals surface area contributed by atoms with Crippen LogP contribution in [-0.2, 0) is 5.54 Å². The van der Waals surface area contributed by atoms with Gasteiger partial charge in [-0.1, -0.05) is 0 Å². The molecule has 5 nitrogen and oxygen atoms in total. The maximum atomic E-state index is 5.67. The molecule has 0 aromatic carbocycles. The first-order valence-electron chi connectivity index (χ1n) is 4.31. The average Bonchev–Trinajstić information content (AvgIpc) is 2.30. The minimum absolute atomic E-state index is 0.160. The smallest absolute Gasteiger partial charge is 0.337 e. The molecule has 0 aliphatic heterocycles. The van der Waals surface area contributed by atoms with Crippen molar-refractivity contribution in [3.63, 3.8) is 0 Å². The number of aromatic nitrogens is 3. The van der Waals surface area contributed by atoms with Crippen LogP contribution >= 0.6 is 0 Å². The first kappa shape index (κ1) is 9.83. The summed E-state index contributed by atoms with van der Waals surface area (Å²) in [6, 6.07) is 0.343. The van der Waals surface area contributed by atoms with E-state index >= 15 is 0 Å². The highest BCUT2D eigenvalue weighted by Gasteiger charge is 2.19. The van der Waals surface area contributed by atoms with Gasteiger partial charge >= 0.3 is 6.01 Å². The molecule has 0 saturated heterocycles. The van der Waals surface area contributed by atoms with Gasteiger partial charge in [-0.15, -0.1) is 5.10 Å². The summed E-state index contributed by atoms with van der Waals surface area (Å²) in [6.07, 6.45) is 0. The van der Waals surface area contributed by atoms with Crippen molar-refractivity contribution in [2.45, 2.75) is 33.2 Å².